The van der Waals surface area contributed by atoms with Gasteiger partial charge in [0.2, 0.25) is 5.91 Å². The summed E-state index contributed by atoms with van der Waals surface area (Å²) >= 11 is 1.27. The van der Waals surface area contributed by atoms with Crippen molar-refractivity contribution < 1.29 is 9.59 Å². The summed E-state index contributed by atoms with van der Waals surface area (Å²) in [5, 5.41) is 4.20. The summed E-state index contributed by atoms with van der Waals surface area (Å²) in [7, 11) is 0. The second kappa shape index (κ2) is 9.64. The number of hydrogen-bond acceptors (Lipinski definition) is 5. The van der Waals surface area contributed by atoms with Gasteiger partial charge in [0, 0.05) is 41.1 Å². The lowest BCUT2D eigenvalue weighted by Gasteiger charge is -2.05. The predicted octanol–water partition coefficient (Wildman–Crippen LogP) is 5.18. The Kier molecular flexibility index (Phi) is 6.09. The van der Waals surface area contributed by atoms with Crippen molar-refractivity contribution in [1.82, 2.24) is 19.9 Å². The Morgan fingerprint density at radius 1 is 0.971 bits per heavy atom. The lowest BCUT2D eigenvalue weighted by Crippen LogP contribution is -2.19. The van der Waals surface area contributed by atoms with Crippen molar-refractivity contribution in [3.05, 3.63) is 113 Å². The van der Waals surface area contributed by atoms with Crippen LogP contribution in [-0.4, -0.2) is 26.3 Å². The molecule has 3 heterocycles. The van der Waals surface area contributed by atoms with Crippen LogP contribution in [0, 0.1) is 0 Å². The Labute approximate surface area is 200 Å². The van der Waals surface area contributed by atoms with Gasteiger partial charge in [0.05, 0.1) is 12.1 Å². The highest BCUT2D eigenvalue weighted by Gasteiger charge is 2.17. The lowest BCUT2D eigenvalue weighted by atomic mass is 10.0. The molecule has 0 spiro atoms. The molecule has 6 nitrogen and oxygen atoms in total. The maximum Gasteiger partial charge on any atom is 0.291 e. The van der Waals surface area contributed by atoms with Gasteiger partial charge in [0.25, 0.3) is 5.91 Å². The SMILES string of the molecule is O=C(/C=C/c1cccnc1)NCc1cnc(C(=O)n2ccc3c(-c4ccccc4)cccc32)s1. The Morgan fingerprint density at radius 2 is 1.85 bits per heavy atom. The molecular weight excluding hydrogens is 444 g/mol. The molecule has 0 fully saturated rings. The largest absolute Gasteiger partial charge is 0.348 e. The van der Waals surface area contributed by atoms with Crippen molar-refractivity contribution in [1.29, 1.82) is 0 Å². The summed E-state index contributed by atoms with van der Waals surface area (Å²) in [6.45, 7) is 0.297. The number of nitrogens with zero attached hydrogens (tertiary/aromatic N) is 3. The maximum absolute atomic E-state index is 13.2. The number of fused-ring (bicyclic) bond motifs is 1. The van der Waals surface area contributed by atoms with Crippen LogP contribution in [0.5, 0.6) is 0 Å². The molecule has 166 valence electrons. The van der Waals surface area contributed by atoms with E-state index in [0.717, 1.165) is 32.5 Å². The number of hydrogen-bond donors (Lipinski definition) is 1. The molecule has 0 saturated carbocycles. The Morgan fingerprint density at radius 3 is 2.68 bits per heavy atom. The average Bonchev–Trinajstić information content (AvgIpc) is 3.54. The smallest absolute Gasteiger partial charge is 0.291 e. The van der Waals surface area contributed by atoms with E-state index in [-0.39, 0.29) is 11.8 Å². The van der Waals surface area contributed by atoms with Gasteiger partial charge in [-0.2, -0.15) is 0 Å². The van der Waals surface area contributed by atoms with Gasteiger partial charge >= 0.3 is 0 Å². The van der Waals surface area contributed by atoms with E-state index < -0.39 is 0 Å². The summed E-state index contributed by atoms with van der Waals surface area (Å²) in [5.41, 5.74) is 3.85. The third-order valence-corrected chi connectivity index (χ3v) is 6.31. The topological polar surface area (TPSA) is 76.9 Å². The molecule has 1 amide bonds. The highest BCUT2D eigenvalue weighted by molar-refractivity contribution is 7.13. The normalized spacial score (nSPS) is 11.2. The third-order valence-electron chi connectivity index (χ3n) is 5.32. The van der Waals surface area contributed by atoms with Crippen LogP contribution >= 0.6 is 11.3 Å². The van der Waals surface area contributed by atoms with Crippen molar-refractivity contribution in [2.45, 2.75) is 6.54 Å². The van der Waals surface area contributed by atoms with Gasteiger partial charge in [-0.05, 0) is 41.0 Å². The fourth-order valence-electron chi connectivity index (χ4n) is 3.68. The van der Waals surface area contributed by atoms with Crippen LogP contribution in [0.2, 0.25) is 0 Å². The molecule has 0 aliphatic heterocycles. The molecule has 3 aromatic heterocycles. The quantitative estimate of drug-likeness (QED) is 0.352. The molecule has 7 heteroatoms. The Hall–Kier alpha value is -4.36. The molecule has 34 heavy (non-hydrogen) atoms. The van der Waals surface area contributed by atoms with E-state index in [0.29, 0.717) is 11.6 Å². The van der Waals surface area contributed by atoms with E-state index in [2.05, 4.69) is 33.5 Å². The Balaban J connectivity index is 1.29. The van der Waals surface area contributed by atoms with Crippen molar-refractivity contribution in [2.75, 3.05) is 0 Å². The van der Waals surface area contributed by atoms with Gasteiger partial charge in [0.15, 0.2) is 5.01 Å². The van der Waals surface area contributed by atoms with E-state index in [9.17, 15) is 9.59 Å². The van der Waals surface area contributed by atoms with Crippen LogP contribution in [0.4, 0.5) is 0 Å². The zero-order valence-electron chi connectivity index (χ0n) is 18.1. The molecule has 5 aromatic rings. The number of amides is 1. The standard InChI is InChI=1S/C27H20N4O2S/c32-25(12-11-19-6-5-14-28-16-19)29-17-21-18-30-26(34-21)27(33)31-15-13-23-22(9-4-10-24(23)31)20-7-2-1-3-8-20/h1-16,18H,17H2,(H,29,32)/b12-11+. The number of thiazole rings is 1. The van der Waals surface area contributed by atoms with Crippen LogP contribution in [-0.2, 0) is 11.3 Å². The highest BCUT2D eigenvalue weighted by atomic mass is 32.1. The Bertz CT molecular complexity index is 1490. The summed E-state index contributed by atoms with van der Waals surface area (Å²) in [6, 6.07) is 21.7. The molecule has 2 aromatic carbocycles. The second-order valence-corrected chi connectivity index (χ2v) is 8.68. The molecule has 0 radical (unpaired) electrons. The molecule has 1 N–H and O–H groups in total. The fraction of sp³-hybridized carbons (Fsp3) is 0.0370. The van der Waals surface area contributed by atoms with E-state index in [1.54, 1.807) is 35.4 Å². The zero-order chi connectivity index (χ0) is 23.3. The second-order valence-electron chi connectivity index (χ2n) is 7.56. The zero-order valence-corrected chi connectivity index (χ0v) is 18.9. The summed E-state index contributed by atoms with van der Waals surface area (Å²) < 4.78 is 1.62. The molecular formula is C27H20N4O2S. The van der Waals surface area contributed by atoms with E-state index in [4.69, 9.17) is 0 Å². The van der Waals surface area contributed by atoms with Crippen LogP contribution in [0.15, 0.2) is 97.6 Å². The number of nitrogens with one attached hydrogen (secondary N) is 1. The number of carbonyl (C=O) groups is 2. The molecule has 0 atom stereocenters. The summed E-state index contributed by atoms with van der Waals surface area (Å²) in [5.74, 6) is -0.422. The van der Waals surface area contributed by atoms with Crippen molar-refractivity contribution in [3.63, 3.8) is 0 Å². The number of rotatable bonds is 6. The maximum atomic E-state index is 13.2. The van der Waals surface area contributed by atoms with Crippen molar-refractivity contribution in [3.8, 4) is 11.1 Å². The minimum Gasteiger partial charge on any atom is -0.348 e. The van der Waals surface area contributed by atoms with E-state index >= 15 is 0 Å². The number of carbonyl (C=O) groups excluding carboxylic acids is 2. The lowest BCUT2D eigenvalue weighted by molar-refractivity contribution is -0.116. The van der Waals surface area contributed by atoms with Crippen LogP contribution in [0.25, 0.3) is 28.1 Å². The third kappa shape index (κ3) is 4.55. The predicted molar refractivity (Wildman–Crippen MR) is 134 cm³/mol. The first-order chi connectivity index (χ1) is 16.7. The van der Waals surface area contributed by atoms with Crippen molar-refractivity contribution >= 4 is 40.1 Å². The molecule has 0 aliphatic rings. The van der Waals surface area contributed by atoms with Crippen LogP contribution in [0.3, 0.4) is 0 Å². The first kappa shape index (κ1) is 21.5. The van der Waals surface area contributed by atoms with E-state index in [1.807, 2.05) is 48.5 Å². The van der Waals surface area contributed by atoms with Gasteiger partial charge < -0.3 is 5.32 Å². The minimum absolute atomic E-state index is 0.195. The van der Waals surface area contributed by atoms with E-state index in [1.165, 1.54) is 17.4 Å². The average molecular weight is 465 g/mol. The van der Waals surface area contributed by atoms with Gasteiger partial charge in [-0.3, -0.25) is 19.1 Å². The monoisotopic (exact) mass is 464 g/mol. The molecule has 0 saturated heterocycles. The van der Waals surface area contributed by atoms with Gasteiger partial charge in [-0.15, -0.1) is 11.3 Å². The van der Waals surface area contributed by atoms with Gasteiger partial charge in [-0.25, -0.2) is 4.98 Å². The number of benzene rings is 2. The van der Waals surface area contributed by atoms with Crippen molar-refractivity contribution in [2.24, 2.45) is 0 Å². The molecule has 0 aliphatic carbocycles. The summed E-state index contributed by atoms with van der Waals surface area (Å²) in [6.07, 6.45) is 9.93. The first-order valence-corrected chi connectivity index (χ1v) is 11.5. The number of pyridine rings is 1. The van der Waals surface area contributed by atoms with Crippen LogP contribution < -0.4 is 5.32 Å². The van der Waals surface area contributed by atoms with Gasteiger partial charge in [0.1, 0.15) is 0 Å². The number of aromatic nitrogens is 3. The molecule has 5 rings (SSSR count). The van der Waals surface area contributed by atoms with Crippen LogP contribution in [0.1, 0.15) is 20.2 Å². The minimum atomic E-state index is -0.227. The fourth-order valence-corrected chi connectivity index (χ4v) is 4.47. The molecule has 0 bridgehead atoms. The summed E-state index contributed by atoms with van der Waals surface area (Å²) in [4.78, 5) is 34.4. The molecule has 0 unspecified atom stereocenters. The highest BCUT2D eigenvalue weighted by Crippen LogP contribution is 2.30. The first-order valence-electron chi connectivity index (χ1n) is 10.7. The van der Waals surface area contributed by atoms with Gasteiger partial charge in [-0.1, -0.05) is 48.5 Å².